The molecule has 11 nitrogen and oxygen atoms in total. The molecule has 0 spiro atoms. The van der Waals surface area contributed by atoms with E-state index in [0.717, 1.165) is 28.3 Å². The number of fused-ring (bicyclic) bond motifs is 2. The van der Waals surface area contributed by atoms with E-state index in [1.807, 2.05) is 67.4 Å². The molecule has 0 aliphatic carbocycles. The van der Waals surface area contributed by atoms with Crippen LogP contribution in [0.2, 0.25) is 0 Å². The van der Waals surface area contributed by atoms with Gasteiger partial charge in [-0.2, -0.15) is 5.10 Å². The lowest BCUT2D eigenvalue weighted by Crippen LogP contribution is -2.53. The van der Waals surface area contributed by atoms with Gasteiger partial charge >= 0.3 is 0 Å². The molecular formula is C28H27N9O2. The second kappa shape index (κ2) is 10.0. The van der Waals surface area contributed by atoms with E-state index in [2.05, 4.69) is 36.8 Å². The molecule has 1 fully saturated rings. The molecule has 1 aliphatic heterocycles. The summed E-state index contributed by atoms with van der Waals surface area (Å²) in [6.07, 6.45) is 6.21. The van der Waals surface area contributed by atoms with Gasteiger partial charge < -0.3 is 19.9 Å². The predicted octanol–water partition coefficient (Wildman–Crippen LogP) is 4.13. The van der Waals surface area contributed by atoms with Crippen LogP contribution in [0, 0.1) is 6.92 Å². The van der Waals surface area contributed by atoms with Gasteiger partial charge in [0.1, 0.15) is 35.5 Å². The number of ether oxygens (including phenoxy) is 1. The number of aromatic nitrogens is 6. The Labute approximate surface area is 224 Å². The Morgan fingerprint density at radius 1 is 1.10 bits per heavy atom. The van der Waals surface area contributed by atoms with Crippen molar-refractivity contribution in [3.8, 4) is 11.5 Å². The summed E-state index contributed by atoms with van der Waals surface area (Å²) in [5.74, 6) is 2.81. The molecule has 0 radical (unpaired) electrons. The molecule has 1 aliphatic rings. The highest BCUT2D eigenvalue weighted by Crippen LogP contribution is 2.30. The van der Waals surface area contributed by atoms with E-state index in [1.54, 1.807) is 4.52 Å². The number of benzene rings is 1. The maximum atomic E-state index is 12.1. The Hall–Kier alpha value is -5.06. The molecular weight excluding hydrogens is 494 g/mol. The number of nitrogens with one attached hydrogen (secondary N) is 1. The van der Waals surface area contributed by atoms with E-state index in [9.17, 15) is 4.79 Å². The summed E-state index contributed by atoms with van der Waals surface area (Å²) >= 11 is 0. The lowest BCUT2D eigenvalue weighted by molar-refractivity contribution is -0.128. The van der Waals surface area contributed by atoms with Gasteiger partial charge in [0.2, 0.25) is 5.91 Å². The zero-order chi connectivity index (χ0) is 26.9. The van der Waals surface area contributed by atoms with Crippen molar-refractivity contribution >= 4 is 39.9 Å². The number of amides is 1. The highest BCUT2D eigenvalue weighted by atomic mass is 16.5. The van der Waals surface area contributed by atoms with Crippen LogP contribution >= 0.6 is 0 Å². The Bertz CT molecular complexity index is 1700. The van der Waals surface area contributed by atoms with Crippen LogP contribution in [-0.2, 0) is 4.79 Å². The van der Waals surface area contributed by atoms with Crippen LogP contribution in [0.15, 0.2) is 74.0 Å². The van der Waals surface area contributed by atoms with Gasteiger partial charge in [0, 0.05) is 43.6 Å². The fraction of sp³-hybridized carbons (Fsp3) is 0.214. The topological polar surface area (TPSA) is 114 Å². The molecule has 1 aromatic carbocycles. The van der Waals surface area contributed by atoms with Gasteiger partial charge in [-0.3, -0.25) is 4.79 Å². The van der Waals surface area contributed by atoms with Gasteiger partial charge in [-0.15, -0.1) is 0 Å². The number of hydrogen-bond acceptors (Lipinski definition) is 9. The van der Waals surface area contributed by atoms with E-state index in [-0.39, 0.29) is 11.9 Å². The van der Waals surface area contributed by atoms with Crippen LogP contribution in [0.5, 0.6) is 11.5 Å². The third-order valence-corrected chi connectivity index (χ3v) is 6.79. The summed E-state index contributed by atoms with van der Waals surface area (Å²) in [4.78, 5) is 34.1. The minimum absolute atomic E-state index is 0.0448. The molecule has 0 saturated carbocycles. The first-order valence-corrected chi connectivity index (χ1v) is 12.6. The summed E-state index contributed by atoms with van der Waals surface area (Å²) in [5.41, 5.74) is 3.93. The van der Waals surface area contributed by atoms with Crippen molar-refractivity contribution in [2.45, 2.75) is 19.9 Å². The molecule has 1 amide bonds. The molecule has 39 heavy (non-hydrogen) atoms. The maximum Gasteiger partial charge on any atom is 0.246 e. The molecule has 4 aromatic heterocycles. The predicted molar refractivity (Wildman–Crippen MR) is 148 cm³/mol. The van der Waals surface area contributed by atoms with Crippen molar-refractivity contribution in [2.75, 3.05) is 29.9 Å². The number of aryl methyl sites for hydroxylation is 1. The first kappa shape index (κ1) is 24.3. The van der Waals surface area contributed by atoms with E-state index < -0.39 is 0 Å². The molecule has 5 aromatic rings. The molecule has 196 valence electrons. The van der Waals surface area contributed by atoms with Gasteiger partial charge in [-0.1, -0.05) is 6.58 Å². The van der Waals surface area contributed by atoms with E-state index in [4.69, 9.17) is 9.72 Å². The molecule has 5 heterocycles. The number of pyridine rings is 2. The number of carbonyl (C=O) groups excluding carboxylic acids is 1. The van der Waals surface area contributed by atoms with Crippen molar-refractivity contribution in [1.82, 2.24) is 34.4 Å². The molecule has 0 bridgehead atoms. The van der Waals surface area contributed by atoms with Crippen molar-refractivity contribution in [3.63, 3.8) is 0 Å². The van der Waals surface area contributed by atoms with Crippen molar-refractivity contribution in [3.05, 3.63) is 79.5 Å². The van der Waals surface area contributed by atoms with Crippen molar-refractivity contribution in [2.24, 2.45) is 0 Å². The normalized spacial score (nSPS) is 15.5. The highest BCUT2D eigenvalue weighted by molar-refractivity contribution is 5.89. The standard InChI is InChI=1S/C28H27N9O2/c1-4-26(38)36-12-11-35(15-19(36)3)24-8-6-22-27(34-24)28(31-16-29-22)33-20-5-7-23(18(2)13-20)39-21-9-10-37-25(14-21)30-17-32-37/h4-10,13-14,16-17,19H,1,11-12,15H2,2-3H3,(H,29,31,33). The quantitative estimate of drug-likeness (QED) is 0.329. The lowest BCUT2D eigenvalue weighted by Gasteiger charge is -2.40. The van der Waals surface area contributed by atoms with Gasteiger partial charge in [0.05, 0.1) is 5.52 Å². The van der Waals surface area contributed by atoms with Crippen LogP contribution in [0.1, 0.15) is 12.5 Å². The Balaban J connectivity index is 1.22. The number of nitrogens with zero attached hydrogens (tertiary/aromatic N) is 8. The molecule has 1 saturated heterocycles. The SMILES string of the molecule is C=CC(=O)N1CCN(c2ccc3ncnc(Nc4ccc(Oc5ccn6ncnc6c5)c(C)c4)c3n2)CC1C. The van der Waals surface area contributed by atoms with Gasteiger partial charge in [-0.25, -0.2) is 24.5 Å². The van der Waals surface area contributed by atoms with Crippen LogP contribution in [0.3, 0.4) is 0 Å². The van der Waals surface area contributed by atoms with Crippen LogP contribution in [0.4, 0.5) is 17.3 Å². The van der Waals surface area contributed by atoms with Crippen LogP contribution < -0.4 is 15.0 Å². The van der Waals surface area contributed by atoms with E-state index in [0.29, 0.717) is 42.4 Å². The Morgan fingerprint density at radius 3 is 2.82 bits per heavy atom. The average molecular weight is 522 g/mol. The van der Waals surface area contributed by atoms with Gasteiger partial charge in [0.15, 0.2) is 11.5 Å². The molecule has 6 rings (SSSR count). The van der Waals surface area contributed by atoms with Crippen LogP contribution in [-0.4, -0.2) is 66.0 Å². The van der Waals surface area contributed by atoms with Gasteiger partial charge in [0.25, 0.3) is 0 Å². The number of carbonyl (C=O) groups is 1. The van der Waals surface area contributed by atoms with Crippen LogP contribution in [0.25, 0.3) is 16.7 Å². The third kappa shape index (κ3) is 4.81. The fourth-order valence-electron chi connectivity index (χ4n) is 4.77. The second-order valence-electron chi connectivity index (χ2n) is 9.42. The maximum absolute atomic E-state index is 12.1. The van der Waals surface area contributed by atoms with Gasteiger partial charge in [-0.05, 0) is 61.9 Å². The minimum atomic E-state index is -0.0448. The van der Waals surface area contributed by atoms with E-state index >= 15 is 0 Å². The zero-order valence-corrected chi connectivity index (χ0v) is 21.7. The highest BCUT2D eigenvalue weighted by Gasteiger charge is 2.27. The minimum Gasteiger partial charge on any atom is -0.457 e. The molecule has 1 N–H and O–H groups in total. The number of hydrogen-bond donors (Lipinski definition) is 1. The lowest BCUT2D eigenvalue weighted by atomic mass is 10.2. The largest absolute Gasteiger partial charge is 0.457 e. The Kier molecular flexibility index (Phi) is 6.23. The molecule has 1 unspecified atom stereocenters. The third-order valence-electron chi connectivity index (χ3n) is 6.79. The first-order chi connectivity index (χ1) is 19.0. The first-order valence-electron chi connectivity index (χ1n) is 12.6. The monoisotopic (exact) mass is 521 g/mol. The number of piperazine rings is 1. The summed E-state index contributed by atoms with van der Waals surface area (Å²) < 4.78 is 7.78. The zero-order valence-electron chi connectivity index (χ0n) is 21.7. The summed E-state index contributed by atoms with van der Waals surface area (Å²) in [7, 11) is 0. The second-order valence-corrected chi connectivity index (χ2v) is 9.42. The number of anilines is 3. The Morgan fingerprint density at radius 2 is 2.00 bits per heavy atom. The summed E-state index contributed by atoms with van der Waals surface area (Å²) in [6.45, 7) is 9.61. The van der Waals surface area contributed by atoms with E-state index in [1.165, 1.54) is 18.7 Å². The smallest absolute Gasteiger partial charge is 0.246 e. The van der Waals surface area contributed by atoms with Crippen molar-refractivity contribution < 1.29 is 9.53 Å². The molecule has 1 atom stereocenters. The fourth-order valence-corrected chi connectivity index (χ4v) is 4.77. The summed E-state index contributed by atoms with van der Waals surface area (Å²) in [5, 5.41) is 7.51. The van der Waals surface area contributed by atoms with Crippen molar-refractivity contribution in [1.29, 1.82) is 0 Å². The average Bonchev–Trinajstić information content (AvgIpc) is 3.42. The molecule has 11 heteroatoms. The summed E-state index contributed by atoms with van der Waals surface area (Å²) in [6, 6.07) is 13.5. The number of rotatable bonds is 6.